The van der Waals surface area contributed by atoms with E-state index in [1.54, 1.807) is 17.4 Å². The highest BCUT2D eigenvalue weighted by Crippen LogP contribution is 2.32. The molecule has 118 valence electrons. The Kier molecular flexibility index (Phi) is 4.85. The summed E-state index contributed by atoms with van der Waals surface area (Å²) in [6, 6.07) is 11.6. The molecule has 3 nitrogen and oxygen atoms in total. The molecule has 0 spiro atoms. The molecule has 2 heterocycles. The van der Waals surface area contributed by atoms with Crippen LogP contribution in [0, 0.1) is 5.82 Å². The molecule has 0 fully saturated rings. The molecule has 6 heteroatoms. The van der Waals surface area contributed by atoms with Crippen molar-refractivity contribution < 1.29 is 14.3 Å². The van der Waals surface area contributed by atoms with Crippen LogP contribution in [0.2, 0.25) is 0 Å². The van der Waals surface area contributed by atoms with Crippen LogP contribution in [-0.2, 0) is 0 Å². The van der Waals surface area contributed by atoms with E-state index in [1.165, 1.54) is 29.5 Å². The zero-order chi connectivity index (χ0) is 16.2. The first-order valence-electron chi connectivity index (χ1n) is 6.98. The fraction of sp³-hybridized carbons (Fsp3) is 0.118. The summed E-state index contributed by atoms with van der Waals surface area (Å²) >= 11 is 3.10. The predicted molar refractivity (Wildman–Crippen MR) is 91.3 cm³/mol. The average molecular weight is 347 g/mol. The van der Waals surface area contributed by atoms with Gasteiger partial charge in [-0.2, -0.15) is 11.3 Å². The Bertz CT molecular complexity index is 799. The van der Waals surface area contributed by atoms with Crippen LogP contribution in [0.25, 0.3) is 10.4 Å². The van der Waals surface area contributed by atoms with Gasteiger partial charge in [-0.1, -0.05) is 12.1 Å². The van der Waals surface area contributed by atoms with Crippen molar-refractivity contribution in [3.8, 4) is 10.4 Å². The molecule has 3 rings (SSSR count). The van der Waals surface area contributed by atoms with Crippen molar-refractivity contribution in [1.82, 2.24) is 5.32 Å². The lowest BCUT2D eigenvalue weighted by molar-refractivity contribution is 0.0914. The molecule has 2 N–H and O–H groups in total. The molecule has 0 radical (unpaired) electrons. The van der Waals surface area contributed by atoms with Gasteiger partial charge in [-0.3, -0.25) is 4.79 Å². The smallest absolute Gasteiger partial charge is 0.254 e. The number of aliphatic hydroxyl groups is 1. The maximum absolute atomic E-state index is 13.5. The molecule has 2 aromatic heterocycles. The maximum Gasteiger partial charge on any atom is 0.254 e. The summed E-state index contributed by atoms with van der Waals surface area (Å²) in [5, 5.41) is 16.8. The minimum Gasteiger partial charge on any atom is -0.386 e. The van der Waals surface area contributed by atoms with E-state index in [2.05, 4.69) is 5.32 Å². The summed E-state index contributed by atoms with van der Waals surface area (Å²) in [5.41, 5.74) is 1.10. The maximum atomic E-state index is 13.5. The van der Waals surface area contributed by atoms with Gasteiger partial charge in [-0.25, -0.2) is 4.39 Å². The van der Waals surface area contributed by atoms with Gasteiger partial charge in [0.15, 0.2) is 0 Å². The van der Waals surface area contributed by atoms with E-state index < -0.39 is 17.8 Å². The summed E-state index contributed by atoms with van der Waals surface area (Å²) in [7, 11) is 0. The zero-order valence-electron chi connectivity index (χ0n) is 12.0. The summed E-state index contributed by atoms with van der Waals surface area (Å²) in [6.45, 7) is 0.0385. The number of amides is 1. The van der Waals surface area contributed by atoms with Gasteiger partial charge in [0.25, 0.3) is 5.91 Å². The number of hydrogen-bond acceptors (Lipinski definition) is 4. The molecule has 1 aromatic carbocycles. The standard InChI is InChI=1S/C17H14FNO2S2/c18-13-4-2-1-3-12(13)17(21)19-9-14(20)16-6-5-15(23-16)11-7-8-22-10-11/h1-8,10,14,20H,9H2,(H,19,21)/t14-/m0/s1. The number of nitrogens with one attached hydrogen (secondary N) is 1. The predicted octanol–water partition coefficient (Wildman–Crippen LogP) is 4.08. The van der Waals surface area contributed by atoms with E-state index in [1.807, 2.05) is 29.0 Å². The number of thiophene rings is 2. The summed E-state index contributed by atoms with van der Waals surface area (Å²) < 4.78 is 13.5. The molecule has 1 atom stereocenters. The van der Waals surface area contributed by atoms with Crippen molar-refractivity contribution in [2.24, 2.45) is 0 Å². The molecule has 1 amide bonds. The third-order valence-corrected chi connectivity index (χ3v) is 5.25. The number of carbonyl (C=O) groups excluding carboxylic acids is 1. The van der Waals surface area contributed by atoms with Gasteiger partial charge in [0.1, 0.15) is 11.9 Å². The molecule has 0 bridgehead atoms. The number of rotatable bonds is 5. The van der Waals surface area contributed by atoms with E-state index in [-0.39, 0.29) is 12.1 Å². The highest BCUT2D eigenvalue weighted by molar-refractivity contribution is 7.16. The largest absolute Gasteiger partial charge is 0.386 e. The van der Waals surface area contributed by atoms with Crippen molar-refractivity contribution >= 4 is 28.6 Å². The lowest BCUT2D eigenvalue weighted by Crippen LogP contribution is -2.28. The summed E-state index contributed by atoms with van der Waals surface area (Å²) in [6.07, 6.45) is -0.817. The Morgan fingerprint density at radius 1 is 1.22 bits per heavy atom. The van der Waals surface area contributed by atoms with Gasteiger partial charge in [-0.05, 0) is 41.1 Å². The van der Waals surface area contributed by atoms with Crippen molar-refractivity contribution in [3.05, 3.63) is 69.5 Å². The van der Waals surface area contributed by atoms with Gasteiger partial charge in [0.05, 0.1) is 5.56 Å². The monoisotopic (exact) mass is 347 g/mol. The van der Waals surface area contributed by atoms with Crippen molar-refractivity contribution in [2.75, 3.05) is 6.54 Å². The van der Waals surface area contributed by atoms with Gasteiger partial charge < -0.3 is 10.4 Å². The third-order valence-electron chi connectivity index (χ3n) is 3.34. The molecule has 23 heavy (non-hydrogen) atoms. The molecule has 0 aliphatic heterocycles. The fourth-order valence-electron chi connectivity index (χ4n) is 2.12. The topological polar surface area (TPSA) is 49.3 Å². The SMILES string of the molecule is O=C(NC[C@H](O)c1ccc(-c2ccsc2)s1)c1ccccc1F. The molecule has 0 aliphatic carbocycles. The second-order valence-corrected chi connectivity index (χ2v) is 6.82. The van der Waals surface area contributed by atoms with E-state index in [4.69, 9.17) is 0 Å². The first-order chi connectivity index (χ1) is 11.1. The summed E-state index contributed by atoms with van der Waals surface area (Å²) in [5.74, 6) is -1.10. The number of carbonyl (C=O) groups is 1. The Labute approximate surface area is 141 Å². The fourth-order valence-corrected chi connectivity index (χ4v) is 3.84. The normalized spacial score (nSPS) is 12.1. The number of benzene rings is 1. The molecular weight excluding hydrogens is 333 g/mol. The molecule has 0 saturated heterocycles. The molecule has 0 saturated carbocycles. The third kappa shape index (κ3) is 3.67. The highest BCUT2D eigenvalue weighted by atomic mass is 32.1. The number of aliphatic hydroxyl groups excluding tert-OH is 1. The van der Waals surface area contributed by atoms with Crippen LogP contribution < -0.4 is 5.32 Å². The Hall–Kier alpha value is -2.02. The zero-order valence-corrected chi connectivity index (χ0v) is 13.7. The first-order valence-corrected chi connectivity index (χ1v) is 8.74. The lowest BCUT2D eigenvalue weighted by atomic mass is 10.2. The van der Waals surface area contributed by atoms with Gasteiger partial charge in [-0.15, -0.1) is 11.3 Å². The number of hydrogen-bond donors (Lipinski definition) is 2. The highest BCUT2D eigenvalue weighted by Gasteiger charge is 2.15. The van der Waals surface area contributed by atoms with Gasteiger partial charge >= 0.3 is 0 Å². The molecule has 3 aromatic rings. The van der Waals surface area contributed by atoms with Crippen molar-refractivity contribution in [3.63, 3.8) is 0 Å². The minimum atomic E-state index is -0.817. The minimum absolute atomic E-state index is 0.0233. The lowest BCUT2D eigenvalue weighted by Gasteiger charge is -2.10. The van der Waals surface area contributed by atoms with E-state index in [0.717, 1.165) is 15.3 Å². The first kappa shape index (κ1) is 15.9. The van der Waals surface area contributed by atoms with Gasteiger partial charge in [0, 0.05) is 21.9 Å². The summed E-state index contributed by atoms with van der Waals surface area (Å²) in [4.78, 5) is 13.8. The molecule has 0 aliphatic rings. The second-order valence-electron chi connectivity index (χ2n) is 4.92. The van der Waals surface area contributed by atoms with Gasteiger partial charge in [0.2, 0.25) is 0 Å². The molecule has 0 unspecified atom stereocenters. The Morgan fingerprint density at radius 3 is 2.78 bits per heavy atom. The second kappa shape index (κ2) is 7.04. The molecular formula is C17H14FNO2S2. The van der Waals surface area contributed by atoms with Crippen LogP contribution in [-0.4, -0.2) is 17.6 Å². The van der Waals surface area contributed by atoms with Crippen molar-refractivity contribution in [2.45, 2.75) is 6.10 Å². The van der Waals surface area contributed by atoms with E-state index in [0.29, 0.717) is 0 Å². The van der Waals surface area contributed by atoms with Crippen LogP contribution in [0.3, 0.4) is 0 Å². The Balaban J connectivity index is 1.62. The number of halogens is 1. The Morgan fingerprint density at radius 2 is 2.04 bits per heavy atom. The van der Waals surface area contributed by atoms with Crippen LogP contribution in [0.4, 0.5) is 4.39 Å². The van der Waals surface area contributed by atoms with Crippen LogP contribution >= 0.6 is 22.7 Å². The van der Waals surface area contributed by atoms with Crippen molar-refractivity contribution in [1.29, 1.82) is 0 Å². The average Bonchev–Trinajstić information content (AvgIpc) is 3.23. The quantitative estimate of drug-likeness (QED) is 0.731. The van der Waals surface area contributed by atoms with Crippen LogP contribution in [0.1, 0.15) is 21.3 Å². The van der Waals surface area contributed by atoms with Crippen LogP contribution in [0.15, 0.2) is 53.2 Å². The van der Waals surface area contributed by atoms with Crippen LogP contribution in [0.5, 0.6) is 0 Å². The van der Waals surface area contributed by atoms with E-state index in [9.17, 15) is 14.3 Å². The van der Waals surface area contributed by atoms with E-state index >= 15 is 0 Å².